The number of thioether (sulfide) groups is 2. The Bertz CT molecular complexity index is 2450. The number of hydrogen-bond donors (Lipinski definition) is 5. The Hall–Kier alpha value is -6.60. The molecule has 1 aromatic carbocycles. The first kappa shape index (κ1) is 40.1. The van der Waals surface area contributed by atoms with Gasteiger partial charge in [-0.1, -0.05) is 11.2 Å². The number of aliphatic carboxylic acids is 2. The van der Waals surface area contributed by atoms with Gasteiger partial charge in [-0.3, -0.25) is 24.1 Å². The molecule has 3 aromatic heterocycles. The van der Waals surface area contributed by atoms with E-state index in [1.54, 1.807) is 13.0 Å². The molecule has 4 aromatic rings. The first-order valence-electron chi connectivity index (χ1n) is 16.0. The van der Waals surface area contributed by atoms with Gasteiger partial charge >= 0.3 is 29.8 Å². The molecule has 0 radical (unpaired) electrons. The van der Waals surface area contributed by atoms with Gasteiger partial charge in [-0.2, -0.15) is 9.50 Å². The fourth-order valence-corrected chi connectivity index (χ4v) is 8.51. The number of ether oxygens (including phenoxy) is 2. The van der Waals surface area contributed by atoms with E-state index in [4.69, 9.17) is 20.0 Å². The minimum atomic E-state index is -1.92. The number of carboxylic acid groups (broad SMARTS) is 3. The molecule has 1 fully saturated rings. The lowest BCUT2D eigenvalue weighted by atomic mass is 10.0. The Morgan fingerprint density at radius 3 is 2.39 bits per heavy atom. The summed E-state index contributed by atoms with van der Waals surface area (Å²) >= 11 is 3.22. The number of carbonyl (C=O) groups excluding carboxylic acids is 4. The van der Waals surface area contributed by atoms with E-state index in [1.807, 2.05) is 0 Å². The molecule has 22 nitrogen and oxygen atoms in total. The van der Waals surface area contributed by atoms with Crippen molar-refractivity contribution in [1.29, 1.82) is 0 Å². The SMILES string of the molecule is CC(=O)Oc1ccc(C(O/N=C(\C(=O)N[C@@H]2C(=O)N3C(C(=O)O)=C(CSc4cc(C)nc5nc(C(=O)O)nn45)CS[C@H]23)c2csc(N)n2)C(=O)O)cc1OC(C)=O. The molecule has 0 bridgehead atoms. The lowest BCUT2D eigenvalue weighted by molar-refractivity contribution is -0.151. The van der Waals surface area contributed by atoms with Gasteiger partial charge in [-0.05, 0) is 30.7 Å². The Kier molecular flexibility index (Phi) is 11.4. The summed E-state index contributed by atoms with van der Waals surface area (Å²) in [5.41, 5.74) is 5.48. The summed E-state index contributed by atoms with van der Waals surface area (Å²) in [6.45, 7) is 3.84. The second-order valence-corrected chi connectivity index (χ2v) is 14.8. The molecule has 1 saturated heterocycles. The van der Waals surface area contributed by atoms with E-state index in [0.29, 0.717) is 16.3 Å². The van der Waals surface area contributed by atoms with Gasteiger partial charge in [0.25, 0.3) is 23.4 Å². The maximum absolute atomic E-state index is 13.7. The zero-order chi connectivity index (χ0) is 41.3. The zero-order valence-electron chi connectivity index (χ0n) is 29.4. The van der Waals surface area contributed by atoms with Crippen LogP contribution in [0.5, 0.6) is 11.5 Å². The van der Waals surface area contributed by atoms with Gasteiger partial charge in [0.2, 0.25) is 6.10 Å². The van der Waals surface area contributed by atoms with Crippen molar-refractivity contribution >= 4 is 93.1 Å². The highest BCUT2D eigenvalue weighted by molar-refractivity contribution is 8.01. The molecular weight excluding hydrogens is 815 g/mol. The number of amides is 2. The highest BCUT2D eigenvalue weighted by atomic mass is 32.2. The van der Waals surface area contributed by atoms with Gasteiger partial charge in [-0.25, -0.2) is 24.4 Å². The van der Waals surface area contributed by atoms with Crippen molar-refractivity contribution < 1.29 is 63.2 Å². The number of nitrogens with zero attached hydrogens (tertiary/aromatic N) is 7. The maximum atomic E-state index is 13.7. The number of oxime groups is 1. The lowest BCUT2D eigenvalue weighted by Gasteiger charge is -2.49. The summed E-state index contributed by atoms with van der Waals surface area (Å²) in [7, 11) is 0. The second kappa shape index (κ2) is 16.2. The molecule has 1 unspecified atom stereocenters. The molecule has 6 N–H and O–H groups in total. The highest BCUT2D eigenvalue weighted by Crippen LogP contribution is 2.42. The van der Waals surface area contributed by atoms with Crippen LogP contribution in [0.2, 0.25) is 0 Å². The zero-order valence-corrected chi connectivity index (χ0v) is 31.8. The number of carboxylic acids is 3. The molecule has 296 valence electrons. The summed E-state index contributed by atoms with van der Waals surface area (Å²) in [5, 5.41) is 40.7. The normalized spacial score (nSPS) is 17.0. The molecular formula is C32H27N9O13S3. The van der Waals surface area contributed by atoms with Crippen LogP contribution < -0.4 is 20.5 Å². The fraction of sp³-hybridized carbons (Fsp3) is 0.250. The molecule has 57 heavy (non-hydrogen) atoms. The quantitative estimate of drug-likeness (QED) is 0.0226. The Morgan fingerprint density at radius 1 is 1.04 bits per heavy atom. The molecule has 2 aliphatic rings. The predicted molar refractivity (Wildman–Crippen MR) is 196 cm³/mol. The Morgan fingerprint density at radius 2 is 1.75 bits per heavy atom. The maximum Gasteiger partial charge on any atom is 0.375 e. The topological polar surface area (TPSA) is 317 Å². The standard InChI is InChI=1S/C32H27N9O13S3/c1-11-6-19(41-32(34-11)37-24(38-41)30(50)51)55-8-15-9-56-27-21(26(45)40(27)22(15)28(46)47)36-25(44)20(16-10-57-31(33)35-16)39-54-23(29(48)49)14-4-5-17(52-12(2)42)18(7-14)53-13(3)43/h4-7,10,21,23,27H,8-9H2,1-3H3,(H2,33,35)(H,36,44)(H,46,47)(H,48,49)(H,50,51)/b39-20-/t21-,23?,27-/m1/s1. The molecule has 25 heteroatoms. The summed E-state index contributed by atoms with van der Waals surface area (Å²) in [5.74, 6) is -8.46. The molecule has 5 heterocycles. The summed E-state index contributed by atoms with van der Waals surface area (Å²) in [6.07, 6.45) is -1.92. The number of aromatic carboxylic acids is 1. The number of esters is 2. The van der Waals surface area contributed by atoms with Gasteiger partial charge in [0.1, 0.15) is 27.8 Å². The number of anilines is 1. The number of nitrogen functional groups attached to an aromatic ring is 1. The van der Waals surface area contributed by atoms with Crippen LogP contribution in [0.15, 0.2) is 51.1 Å². The molecule has 3 atom stereocenters. The van der Waals surface area contributed by atoms with Crippen LogP contribution in [0.4, 0.5) is 5.13 Å². The number of carbonyl (C=O) groups is 7. The largest absolute Gasteiger partial charge is 0.478 e. The van der Waals surface area contributed by atoms with Crippen molar-refractivity contribution in [2.24, 2.45) is 5.16 Å². The minimum absolute atomic E-state index is 0.0107. The lowest BCUT2D eigenvalue weighted by Crippen LogP contribution is -2.71. The predicted octanol–water partition coefficient (Wildman–Crippen LogP) is 1.10. The van der Waals surface area contributed by atoms with E-state index < -0.39 is 70.7 Å². The number of hydrogen-bond acceptors (Lipinski definition) is 19. The summed E-state index contributed by atoms with van der Waals surface area (Å²) in [6, 6.07) is 3.80. The van der Waals surface area contributed by atoms with Crippen molar-refractivity contribution in [3.05, 3.63) is 63.7 Å². The molecule has 0 aliphatic carbocycles. The number of benzene rings is 1. The molecule has 2 amide bonds. The van der Waals surface area contributed by atoms with E-state index in [0.717, 1.165) is 47.9 Å². The van der Waals surface area contributed by atoms with Gasteiger partial charge in [0.15, 0.2) is 22.3 Å². The highest BCUT2D eigenvalue weighted by Gasteiger charge is 2.54. The average Bonchev–Trinajstić information content (AvgIpc) is 3.77. The van der Waals surface area contributed by atoms with E-state index in [-0.39, 0.29) is 50.9 Å². The third-order valence-electron chi connectivity index (χ3n) is 7.76. The van der Waals surface area contributed by atoms with Crippen LogP contribution in [-0.4, -0.2) is 115 Å². The molecule has 6 rings (SSSR count). The number of aryl methyl sites for hydroxylation is 1. The number of β-lactam (4-membered cyclic amide) rings is 1. The Balaban J connectivity index is 1.22. The van der Waals surface area contributed by atoms with E-state index in [1.165, 1.54) is 33.8 Å². The molecule has 2 aliphatic heterocycles. The van der Waals surface area contributed by atoms with Gasteiger partial charge in [-0.15, -0.1) is 40.0 Å². The number of thiazole rings is 1. The van der Waals surface area contributed by atoms with Gasteiger partial charge in [0, 0.05) is 42.0 Å². The van der Waals surface area contributed by atoms with E-state index in [9.17, 15) is 48.9 Å². The number of aromatic nitrogens is 5. The van der Waals surface area contributed by atoms with Crippen molar-refractivity contribution in [1.82, 2.24) is 34.8 Å². The fourth-order valence-electron chi connectivity index (χ4n) is 5.43. The number of rotatable bonds is 14. The van der Waals surface area contributed by atoms with Crippen LogP contribution in [0.25, 0.3) is 5.78 Å². The molecule has 0 spiro atoms. The van der Waals surface area contributed by atoms with Crippen molar-refractivity contribution in [2.45, 2.75) is 43.3 Å². The van der Waals surface area contributed by atoms with Gasteiger partial charge in [0.05, 0.1) is 0 Å². The third-order valence-corrected chi connectivity index (χ3v) is 10.9. The minimum Gasteiger partial charge on any atom is -0.478 e. The Labute approximate surface area is 331 Å². The third kappa shape index (κ3) is 8.48. The van der Waals surface area contributed by atoms with Crippen molar-refractivity contribution in [2.75, 3.05) is 17.2 Å². The summed E-state index contributed by atoms with van der Waals surface area (Å²) < 4.78 is 11.3. The van der Waals surface area contributed by atoms with Gasteiger partial charge < -0.3 is 40.7 Å². The summed E-state index contributed by atoms with van der Waals surface area (Å²) in [4.78, 5) is 105. The number of nitrogens with one attached hydrogen (secondary N) is 1. The van der Waals surface area contributed by atoms with Crippen LogP contribution >= 0.6 is 34.9 Å². The monoisotopic (exact) mass is 841 g/mol. The van der Waals surface area contributed by atoms with E-state index >= 15 is 0 Å². The van der Waals surface area contributed by atoms with Crippen LogP contribution in [0.1, 0.15) is 47.5 Å². The first-order chi connectivity index (χ1) is 27.0. The average molecular weight is 842 g/mol. The smallest absolute Gasteiger partial charge is 0.375 e. The van der Waals surface area contributed by atoms with Crippen molar-refractivity contribution in [3.63, 3.8) is 0 Å². The van der Waals surface area contributed by atoms with E-state index in [2.05, 4.69) is 30.5 Å². The number of fused-ring (bicyclic) bond motifs is 2. The van der Waals surface area contributed by atoms with Crippen LogP contribution in [0, 0.1) is 6.92 Å². The number of nitrogens with two attached hydrogens (primary N) is 1. The van der Waals surface area contributed by atoms with Crippen LogP contribution in [-0.2, 0) is 33.6 Å². The second-order valence-electron chi connectivity index (χ2n) is 11.8. The molecule has 0 saturated carbocycles. The van der Waals surface area contributed by atoms with Crippen LogP contribution in [0.3, 0.4) is 0 Å². The first-order valence-corrected chi connectivity index (χ1v) is 18.9. The van der Waals surface area contributed by atoms with Crippen molar-refractivity contribution in [3.8, 4) is 11.5 Å².